The number of carbonyl (C=O) groups is 1. The van der Waals surface area contributed by atoms with Gasteiger partial charge in [-0.1, -0.05) is 6.92 Å². The topological polar surface area (TPSA) is 40.5 Å². The van der Waals surface area contributed by atoms with Crippen LogP contribution < -0.4 is 0 Å². The SMILES string of the molecule is CCc1ccsc1C(=O)N1CCC(O)CC1. The van der Waals surface area contributed by atoms with E-state index in [9.17, 15) is 9.90 Å². The molecule has 0 spiro atoms. The number of nitrogens with zero attached hydrogens (tertiary/aromatic N) is 1. The van der Waals surface area contributed by atoms with E-state index in [1.165, 1.54) is 11.3 Å². The van der Waals surface area contributed by atoms with Crippen LogP contribution in [-0.4, -0.2) is 35.1 Å². The molecule has 1 aliphatic rings. The van der Waals surface area contributed by atoms with Gasteiger partial charge < -0.3 is 10.0 Å². The molecular weight excluding hydrogens is 222 g/mol. The third-order valence-corrected chi connectivity index (χ3v) is 4.02. The number of thiophene rings is 1. The number of piperidine rings is 1. The largest absolute Gasteiger partial charge is 0.393 e. The lowest BCUT2D eigenvalue weighted by Gasteiger charge is -2.29. The van der Waals surface area contributed by atoms with Gasteiger partial charge in [0.15, 0.2) is 0 Å². The summed E-state index contributed by atoms with van der Waals surface area (Å²) in [5.74, 6) is 0.138. The molecule has 4 heteroatoms. The van der Waals surface area contributed by atoms with Crippen molar-refractivity contribution in [2.45, 2.75) is 32.3 Å². The molecule has 1 aliphatic heterocycles. The average Bonchev–Trinajstić information content (AvgIpc) is 2.77. The molecule has 0 aromatic carbocycles. The van der Waals surface area contributed by atoms with Gasteiger partial charge in [0.25, 0.3) is 5.91 Å². The first-order chi connectivity index (χ1) is 7.72. The Hall–Kier alpha value is -0.870. The Bertz CT molecular complexity index is 367. The molecule has 16 heavy (non-hydrogen) atoms. The molecule has 1 saturated heterocycles. The van der Waals surface area contributed by atoms with Gasteiger partial charge in [-0.2, -0.15) is 0 Å². The smallest absolute Gasteiger partial charge is 0.264 e. The van der Waals surface area contributed by atoms with Gasteiger partial charge >= 0.3 is 0 Å². The van der Waals surface area contributed by atoms with E-state index >= 15 is 0 Å². The normalized spacial score (nSPS) is 17.8. The predicted octanol–water partition coefficient (Wildman–Crippen LogP) is 1.91. The molecule has 0 aliphatic carbocycles. The number of hydrogen-bond acceptors (Lipinski definition) is 3. The molecule has 88 valence electrons. The fourth-order valence-corrected chi connectivity index (χ4v) is 2.98. The maximum Gasteiger partial charge on any atom is 0.264 e. The molecule has 1 aromatic heterocycles. The van der Waals surface area contributed by atoms with E-state index in [1.807, 2.05) is 16.3 Å². The van der Waals surface area contributed by atoms with Crippen LogP contribution in [0.5, 0.6) is 0 Å². The average molecular weight is 239 g/mol. The van der Waals surface area contributed by atoms with Crippen molar-refractivity contribution >= 4 is 17.2 Å². The molecule has 0 saturated carbocycles. The molecular formula is C12H17NO2S. The fourth-order valence-electron chi connectivity index (χ4n) is 2.01. The van der Waals surface area contributed by atoms with Gasteiger partial charge in [-0.3, -0.25) is 4.79 Å². The number of amides is 1. The van der Waals surface area contributed by atoms with E-state index < -0.39 is 0 Å². The van der Waals surface area contributed by atoms with Crippen LogP contribution in [0.15, 0.2) is 11.4 Å². The molecule has 1 fully saturated rings. The van der Waals surface area contributed by atoms with E-state index in [4.69, 9.17) is 0 Å². The van der Waals surface area contributed by atoms with E-state index in [1.54, 1.807) is 0 Å². The second kappa shape index (κ2) is 4.97. The number of likely N-dealkylation sites (tertiary alicyclic amines) is 1. The molecule has 2 heterocycles. The zero-order valence-corrected chi connectivity index (χ0v) is 10.3. The second-order valence-electron chi connectivity index (χ2n) is 4.15. The van der Waals surface area contributed by atoms with E-state index in [0.717, 1.165) is 16.9 Å². The van der Waals surface area contributed by atoms with Crippen molar-refractivity contribution in [3.05, 3.63) is 21.9 Å². The number of aryl methyl sites for hydroxylation is 1. The molecule has 0 atom stereocenters. The van der Waals surface area contributed by atoms with Crippen LogP contribution in [0.4, 0.5) is 0 Å². The van der Waals surface area contributed by atoms with E-state index in [0.29, 0.717) is 25.9 Å². The Morgan fingerprint density at radius 2 is 2.25 bits per heavy atom. The first-order valence-electron chi connectivity index (χ1n) is 5.76. The summed E-state index contributed by atoms with van der Waals surface area (Å²) in [7, 11) is 0. The van der Waals surface area contributed by atoms with Crippen molar-refractivity contribution in [1.82, 2.24) is 4.90 Å². The summed E-state index contributed by atoms with van der Waals surface area (Å²) in [6.07, 6.45) is 2.09. The molecule has 0 unspecified atom stereocenters. The van der Waals surface area contributed by atoms with Crippen molar-refractivity contribution in [3.63, 3.8) is 0 Å². The highest BCUT2D eigenvalue weighted by molar-refractivity contribution is 7.12. The van der Waals surface area contributed by atoms with Crippen LogP contribution >= 0.6 is 11.3 Å². The summed E-state index contributed by atoms with van der Waals surface area (Å²) < 4.78 is 0. The minimum atomic E-state index is -0.224. The van der Waals surface area contributed by atoms with Gasteiger partial charge in [0, 0.05) is 13.1 Å². The first-order valence-corrected chi connectivity index (χ1v) is 6.64. The van der Waals surface area contributed by atoms with Gasteiger partial charge in [-0.15, -0.1) is 11.3 Å². The minimum Gasteiger partial charge on any atom is -0.393 e. The predicted molar refractivity (Wildman–Crippen MR) is 64.8 cm³/mol. The first kappa shape index (κ1) is 11.6. The number of rotatable bonds is 2. The zero-order valence-electron chi connectivity index (χ0n) is 9.48. The molecule has 2 rings (SSSR count). The highest BCUT2D eigenvalue weighted by atomic mass is 32.1. The minimum absolute atomic E-state index is 0.138. The molecule has 1 amide bonds. The number of aliphatic hydroxyl groups excluding tert-OH is 1. The van der Waals surface area contributed by atoms with E-state index in [2.05, 4.69) is 6.92 Å². The Labute approximate surface area is 99.7 Å². The number of hydrogen-bond donors (Lipinski definition) is 1. The highest BCUT2D eigenvalue weighted by Gasteiger charge is 2.24. The lowest BCUT2D eigenvalue weighted by atomic mass is 10.1. The van der Waals surface area contributed by atoms with Crippen LogP contribution in [-0.2, 0) is 6.42 Å². The van der Waals surface area contributed by atoms with Crippen molar-refractivity contribution < 1.29 is 9.90 Å². The van der Waals surface area contributed by atoms with E-state index in [-0.39, 0.29) is 12.0 Å². The number of aliphatic hydroxyl groups is 1. The van der Waals surface area contributed by atoms with Crippen molar-refractivity contribution in [1.29, 1.82) is 0 Å². The maximum atomic E-state index is 12.2. The summed E-state index contributed by atoms with van der Waals surface area (Å²) in [5, 5.41) is 11.4. The van der Waals surface area contributed by atoms with Gasteiger partial charge in [0.1, 0.15) is 0 Å². The van der Waals surface area contributed by atoms with Crippen LogP contribution in [0.2, 0.25) is 0 Å². The molecule has 3 nitrogen and oxygen atoms in total. The van der Waals surface area contributed by atoms with Crippen molar-refractivity contribution in [3.8, 4) is 0 Å². The lowest BCUT2D eigenvalue weighted by Crippen LogP contribution is -2.40. The molecule has 0 bridgehead atoms. The quantitative estimate of drug-likeness (QED) is 0.856. The van der Waals surface area contributed by atoms with Crippen LogP contribution in [0, 0.1) is 0 Å². The third-order valence-electron chi connectivity index (χ3n) is 3.07. The lowest BCUT2D eigenvalue weighted by molar-refractivity contribution is 0.0550. The van der Waals surface area contributed by atoms with Gasteiger partial charge in [-0.05, 0) is 36.3 Å². The molecule has 0 radical (unpaired) electrons. The van der Waals surface area contributed by atoms with Crippen LogP contribution in [0.25, 0.3) is 0 Å². The standard InChI is InChI=1S/C12H17NO2S/c1-2-9-5-8-16-11(9)12(15)13-6-3-10(14)4-7-13/h5,8,10,14H,2-4,6-7H2,1H3. The highest BCUT2D eigenvalue weighted by Crippen LogP contribution is 2.21. The number of carbonyl (C=O) groups excluding carboxylic acids is 1. The maximum absolute atomic E-state index is 12.2. The van der Waals surface area contributed by atoms with Gasteiger partial charge in [0.05, 0.1) is 11.0 Å². The molecule has 1 aromatic rings. The Kier molecular flexibility index (Phi) is 3.61. The summed E-state index contributed by atoms with van der Waals surface area (Å²) in [6, 6.07) is 2.02. The van der Waals surface area contributed by atoms with Gasteiger partial charge in [-0.25, -0.2) is 0 Å². The van der Waals surface area contributed by atoms with Crippen molar-refractivity contribution in [2.75, 3.05) is 13.1 Å². The third kappa shape index (κ3) is 2.28. The van der Waals surface area contributed by atoms with Crippen LogP contribution in [0.3, 0.4) is 0 Å². The zero-order chi connectivity index (χ0) is 11.5. The Balaban J connectivity index is 2.07. The second-order valence-corrected chi connectivity index (χ2v) is 5.07. The fraction of sp³-hybridized carbons (Fsp3) is 0.583. The Morgan fingerprint density at radius 1 is 1.56 bits per heavy atom. The monoisotopic (exact) mass is 239 g/mol. The Morgan fingerprint density at radius 3 is 2.88 bits per heavy atom. The summed E-state index contributed by atoms with van der Waals surface area (Å²) in [5.41, 5.74) is 1.14. The summed E-state index contributed by atoms with van der Waals surface area (Å²) in [6.45, 7) is 3.43. The summed E-state index contributed by atoms with van der Waals surface area (Å²) >= 11 is 1.52. The molecule has 1 N–H and O–H groups in total. The van der Waals surface area contributed by atoms with Gasteiger partial charge in [0.2, 0.25) is 0 Å². The summed E-state index contributed by atoms with van der Waals surface area (Å²) in [4.78, 5) is 14.9. The van der Waals surface area contributed by atoms with Crippen molar-refractivity contribution in [2.24, 2.45) is 0 Å². The van der Waals surface area contributed by atoms with Crippen LogP contribution in [0.1, 0.15) is 35.0 Å².